The van der Waals surface area contributed by atoms with Gasteiger partial charge in [-0.25, -0.2) is 0 Å². The Morgan fingerprint density at radius 3 is 2.92 bits per heavy atom. The van der Waals surface area contributed by atoms with Gasteiger partial charge in [0.15, 0.2) is 0 Å². The van der Waals surface area contributed by atoms with E-state index < -0.39 is 0 Å². The van der Waals surface area contributed by atoms with Crippen LogP contribution in [0.25, 0.3) is 0 Å². The van der Waals surface area contributed by atoms with Crippen molar-refractivity contribution in [3.05, 3.63) is 16.6 Å². The summed E-state index contributed by atoms with van der Waals surface area (Å²) >= 11 is 1.61. The Hall–Kier alpha value is -0.450. The molecule has 72 valence electrons. The maximum atomic E-state index is 5.29. The van der Waals surface area contributed by atoms with Crippen LogP contribution in [0.4, 0.5) is 0 Å². The van der Waals surface area contributed by atoms with Crippen molar-refractivity contribution in [2.75, 3.05) is 26.3 Å². The maximum absolute atomic E-state index is 5.29. The monoisotopic (exact) mass is 198 g/mol. The molecule has 0 unspecified atom stereocenters. The van der Waals surface area contributed by atoms with Crippen LogP contribution < -0.4 is 0 Å². The molecule has 0 radical (unpaired) electrons. The van der Waals surface area contributed by atoms with Gasteiger partial charge in [-0.15, -0.1) is 0 Å². The zero-order chi connectivity index (χ0) is 9.10. The molecule has 13 heavy (non-hydrogen) atoms. The van der Waals surface area contributed by atoms with Gasteiger partial charge in [-0.05, 0) is 24.5 Å². The number of aryl methyl sites for hydroxylation is 1. The zero-order valence-corrected chi connectivity index (χ0v) is 8.64. The second-order valence-corrected chi connectivity index (χ2v) is 4.21. The molecule has 1 aromatic heterocycles. The van der Waals surface area contributed by atoms with Gasteiger partial charge in [0.05, 0.1) is 18.9 Å². The van der Waals surface area contributed by atoms with Crippen LogP contribution in [-0.4, -0.2) is 35.6 Å². The fourth-order valence-corrected chi connectivity index (χ4v) is 2.25. The molecule has 1 fully saturated rings. The number of morpholine rings is 1. The predicted octanol–water partition coefficient (Wildman–Crippen LogP) is 1.28. The second-order valence-electron chi connectivity index (χ2n) is 3.32. The Morgan fingerprint density at radius 2 is 2.31 bits per heavy atom. The van der Waals surface area contributed by atoms with Crippen LogP contribution in [0.3, 0.4) is 0 Å². The summed E-state index contributed by atoms with van der Waals surface area (Å²) in [7, 11) is 0. The molecular weight excluding hydrogens is 184 g/mol. The van der Waals surface area contributed by atoms with Crippen molar-refractivity contribution in [3.8, 4) is 0 Å². The minimum atomic E-state index is 0.873. The summed E-state index contributed by atoms with van der Waals surface area (Å²) in [6, 6.07) is 2.17. The molecule has 1 aromatic rings. The van der Waals surface area contributed by atoms with Gasteiger partial charge in [0.1, 0.15) is 0 Å². The van der Waals surface area contributed by atoms with Gasteiger partial charge in [0, 0.05) is 24.5 Å². The van der Waals surface area contributed by atoms with Gasteiger partial charge in [-0.2, -0.15) is 4.37 Å². The summed E-state index contributed by atoms with van der Waals surface area (Å²) in [5.74, 6) is 0. The number of hydrogen-bond acceptors (Lipinski definition) is 4. The Bertz CT molecular complexity index is 268. The van der Waals surface area contributed by atoms with E-state index in [0.29, 0.717) is 0 Å². The van der Waals surface area contributed by atoms with Gasteiger partial charge in [0.25, 0.3) is 0 Å². The van der Waals surface area contributed by atoms with E-state index in [0.717, 1.165) is 38.5 Å². The van der Waals surface area contributed by atoms with Crippen LogP contribution in [0.5, 0.6) is 0 Å². The molecule has 2 heterocycles. The topological polar surface area (TPSA) is 25.4 Å². The molecule has 0 saturated carbocycles. The molecule has 4 heteroatoms. The lowest BCUT2D eigenvalue weighted by Gasteiger charge is -2.25. The first-order valence-corrected chi connectivity index (χ1v) is 5.34. The van der Waals surface area contributed by atoms with E-state index in [1.807, 2.05) is 6.92 Å². The minimum absolute atomic E-state index is 0.873. The first kappa shape index (κ1) is 9.12. The predicted molar refractivity (Wildman–Crippen MR) is 52.9 cm³/mol. The van der Waals surface area contributed by atoms with Gasteiger partial charge in [0.2, 0.25) is 0 Å². The Morgan fingerprint density at radius 1 is 1.54 bits per heavy atom. The molecule has 3 nitrogen and oxygen atoms in total. The lowest BCUT2D eigenvalue weighted by Crippen LogP contribution is -2.35. The molecule has 0 aromatic carbocycles. The highest BCUT2D eigenvalue weighted by atomic mass is 32.1. The van der Waals surface area contributed by atoms with Crippen molar-refractivity contribution in [1.82, 2.24) is 9.27 Å². The highest BCUT2D eigenvalue weighted by Crippen LogP contribution is 2.12. The number of rotatable bonds is 2. The third kappa shape index (κ3) is 2.49. The summed E-state index contributed by atoms with van der Waals surface area (Å²) < 4.78 is 9.55. The molecule has 2 rings (SSSR count). The van der Waals surface area contributed by atoms with E-state index >= 15 is 0 Å². The fraction of sp³-hybridized carbons (Fsp3) is 0.667. The van der Waals surface area contributed by atoms with E-state index in [2.05, 4.69) is 15.3 Å². The molecule has 0 atom stereocenters. The summed E-state index contributed by atoms with van der Waals surface area (Å²) in [5.41, 5.74) is 1.13. The van der Waals surface area contributed by atoms with Crippen molar-refractivity contribution in [2.24, 2.45) is 0 Å². The standard InChI is InChI=1S/C9H14N2OS/c1-8-6-9(13-10-8)7-11-2-4-12-5-3-11/h6H,2-5,7H2,1H3. The summed E-state index contributed by atoms with van der Waals surface area (Å²) in [6.45, 7) is 6.93. The summed E-state index contributed by atoms with van der Waals surface area (Å²) in [5, 5.41) is 0. The minimum Gasteiger partial charge on any atom is -0.379 e. The van der Waals surface area contributed by atoms with Gasteiger partial charge in [-0.1, -0.05) is 0 Å². The molecule has 0 spiro atoms. The highest BCUT2D eigenvalue weighted by molar-refractivity contribution is 7.05. The molecule has 1 aliphatic heterocycles. The van der Waals surface area contributed by atoms with Gasteiger partial charge in [-0.3, -0.25) is 4.90 Å². The lowest BCUT2D eigenvalue weighted by atomic mass is 10.3. The largest absolute Gasteiger partial charge is 0.379 e. The maximum Gasteiger partial charge on any atom is 0.0594 e. The van der Waals surface area contributed by atoms with Gasteiger partial charge < -0.3 is 4.74 Å². The van der Waals surface area contributed by atoms with Crippen molar-refractivity contribution in [3.63, 3.8) is 0 Å². The number of aromatic nitrogens is 1. The van der Waals surface area contributed by atoms with Crippen LogP contribution in [0.2, 0.25) is 0 Å². The zero-order valence-electron chi connectivity index (χ0n) is 7.82. The second kappa shape index (κ2) is 4.17. The number of nitrogens with zero attached hydrogens (tertiary/aromatic N) is 2. The summed E-state index contributed by atoms with van der Waals surface area (Å²) in [4.78, 5) is 3.77. The third-order valence-electron chi connectivity index (χ3n) is 2.16. The van der Waals surface area contributed by atoms with Crippen LogP contribution in [0.15, 0.2) is 6.07 Å². The average Bonchev–Trinajstić information content (AvgIpc) is 2.53. The summed E-state index contributed by atoms with van der Waals surface area (Å²) in [6.07, 6.45) is 0. The quantitative estimate of drug-likeness (QED) is 0.716. The fourth-order valence-electron chi connectivity index (χ4n) is 1.47. The third-order valence-corrected chi connectivity index (χ3v) is 3.02. The van der Waals surface area contributed by atoms with Crippen LogP contribution in [-0.2, 0) is 11.3 Å². The Kier molecular flexibility index (Phi) is 2.93. The first-order chi connectivity index (χ1) is 6.34. The molecule has 0 aliphatic carbocycles. The normalized spacial score (nSPS) is 19.2. The van der Waals surface area contributed by atoms with E-state index in [4.69, 9.17) is 4.74 Å². The SMILES string of the molecule is Cc1cc(CN2CCOCC2)sn1. The number of hydrogen-bond donors (Lipinski definition) is 0. The molecule has 0 N–H and O–H groups in total. The van der Waals surface area contributed by atoms with Crippen molar-refractivity contribution in [2.45, 2.75) is 13.5 Å². The smallest absolute Gasteiger partial charge is 0.0594 e. The van der Waals surface area contributed by atoms with E-state index in [9.17, 15) is 0 Å². The highest BCUT2D eigenvalue weighted by Gasteiger charge is 2.11. The van der Waals surface area contributed by atoms with E-state index in [1.54, 1.807) is 11.5 Å². The molecular formula is C9H14N2OS. The molecule has 0 bridgehead atoms. The van der Waals surface area contributed by atoms with E-state index in [-0.39, 0.29) is 0 Å². The average molecular weight is 198 g/mol. The molecule has 1 saturated heterocycles. The molecule has 1 aliphatic rings. The van der Waals surface area contributed by atoms with Crippen LogP contribution in [0, 0.1) is 6.92 Å². The lowest BCUT2D eigenvalue weighted by molar-refractivity contribution is 0.0346. The van der Waals surface area contributed by atoms with Crippen molar-refractivity contribution < 1.29 is 4.74 Å². The molecule has 0 amide bonds. The Balaban J connectivity index is 1.89. The van der Waals surface area contributed by atoms with E-state index in [1.165, 1.54) is 4.88 Å². The van der Waals surface area contributed by atoms with Crippen molar-refractivity contribution in [1.29, 1.82) is 0 Å². The van der Waals surface area contributed by atoms with Gasteiger partial charge >= 0.3 is 0 Å². The van der Waals surface area contributed by atoms with Crippen molar-refractivity contribution >= 4 is 11.5 Å². The Labute approximate surface area is 82.5 Å². The van der Waals surface area contributed by atoms with Crippen LogP contribution >= 0.6 is 11.5 Å². The number of ether oxygens (including phenoxy) is 1. The first-order valence-electron chi connectivity index (χ1n) is 4.57. The van der Waals surface area contributed by atoms with Crippen LogP contribution in [0.1, 0.15) is 10.6 Å².